The molecule has 0 spiro atoms. The zero-order valence-corrected chi connectivity index (χ0v) is 13.9. The lowest BCUT2D eigenvalue weighted by Gasteiger charge is -2.17. The normalized spacial score (nSPS) is 16.8. The summed E-state index contributed by atoms with van der Waals surface area (Å²) in [6.07, 6.45) is 0.416. The molecule has 1 aliphatic rings. The third kappa shape index (κ3) is 3.22. The van der Waals surface area contributed by atoms with E-state index in [9.17, 15) is 13.6 Å². The van der Waals surface area contributed by atoms with E-state index in [1.54, 1.807) is 6.07 Å². The fraction of sp³-hybridized carbons (Fsp3) is 0.200. The summed E-state index contributed by atoms with van der Waals surface area (Å²) in [4.78, 5) is 18.4. The van der Waals surface area contributed by atoms with Crippen LogP contribution in [0.2, 0.25) is 0 Å². The lowest BCUT2D eigenvalue weighted by molar-refractivity contribution is 0.0766. The van der Waals surface area contributed by atoms with Crippen molar-refractivity contribution in [1.29, 1.82) is 0 Å². The Morgan fingerprint density at radius 1 is 1.12 bits per heavy atom. The molecule has 6 heteroatoms. The van der Waals surface area contributed by atoms with Crippen LogP contribution in [0, 0.1) is 11.6 Å². The highest BCUT2D eigenvalue weighted by atomic mass is 19.1. The van der Waals surface area contributed by atoms with E-state index in [1.807, 2.05) is 30.3 Å². The smallest absolute Gasteiger partial charge is 0.256 e. The van der Waals surface area contributed by atoms with Gasteiger partial charge in [-0.3, -0.25) is 4.79 Å². The Labute approximate surface area is 149 Å². The largest absolute Gasteiger partial charge is 0.472 e. The molecule has 132 valence electrons. The standard InChI is InChI=1S/C20H16F2N2O2/c21-14-6-7-16(17(22)11-14)20(25)24-10-9-15(12-24)26-19-8-5-13-3-1-2-4-18(13)23-19/h1-8,11,15H,9-10,12H2. The summed E-state index contributed by atoms with van der Waals surface area (Å²) < 4.78 is 32.7. The maximum Gasteiger partial charge on any atom is 0.256 e. The van der Waals surface area contributed by atoms with Crippen LogP contribution in [0.1, 0.15) is 16.8 Å². The lowest BCUT2D eigenvalue weighted by atomic mass is 10.2. The number of carbonyl (C=O) groups excluding carboxylic acids is 1. The Balaban J connectivity index is 1.45. The minimum atomic E-state index is -0.851. The monoisotopic (exact) mass is 354 g/mol. The van der Waals surface area contributed by atoms with Crippen molar-refractivity contribution in [3.8, 4) is 5.88 Å². The number of likely N-dealkylation sites (tertiary alicyclic amines) is 1. The molecule has 1 atom stereocenters. The molecule has 1 aromatic heterocycles. The van der Waals surface area contributed by atoms with E-state index in [4.69, 9.17) is 4.74 Å². The van der Waals surface area contributed by atoms with Crippen LogP contribution in [0.15, 0.2) is 54.6 Å². The predicted molar refractivity (Wildman–Crippen MR) is 93.0 cm³/mol. The first kappa shape index (κ1) is 16.4. The molecule has 0 aliphatic carbocycles. The van der Waals surface area contributed by atoms with E-state index in [1.165, 1.54) is 11.0 Å². The highest BCUT2D eigenvalue weighted by Crippen LogP contribution is 2.22. The van der Waals surface area contributed by atoms with Crippen LogP contribution in [0.3, 0.4) is 0 Å². The fourth-order valence-electron chi connectivity index (χ4n) is 3.13. The van der Waals surface area contributed by atoms with Gasteiger partial charge in [-0.15, -0.1) is 0 Å². The number of hydrogen-bond donors (Lipinski definition) is 0. The minimum absolute atomic E-state index is 0.129. The number of benzene rings is 2. The minimum Gasteiger partial charge on any atom is -0.472 e. The van der Waals surface area contributed by atoms with E-state index in [0.29, 0.717) is 25.4 Å². The molecule has 0 saturated carbocycles. The first-order valence-electron chi connectivity index (χ1n) is 8.37. The summed E-state index contributed by atoms with van der Waals surface area (Å²) in [6, 6.07) is 14.4. The number of hydrogen-bond acceptors (Lipinski definition) is 3. The molecule has 1 saturated heterocycles. The van der Waals surface area contributed by atoms with Gasteiger partial charge in [0, 0.05) is 30.5 Å². The third-order valence-corrected chi connectivity index (χ3v) is 4.45. The molecule has 2 aromatic carbocycles. The van der Waals surface area contributed by atoms with Gasteiger partial charge in [0.05, 0.1) is 17.6 Å². The second kappa shape index (κ2) is 6.71. The summed E-state index contributed by atoms with van der Waals surface area (Å²) in [7, 11) is 0. The fourth-order valence-corrected chi connectivity index (χ4v) is 3.13. The molecular weight excluding hydrogens is 338 g/mol. The first-order valence-corrected chi connectivity index (χ1v) is 8.37. The highest BCUT2D eigenvalue weighted by Gasteiger charge is 2.30. The Morgan fingerprint density at radius 2 is 1.96 bits per heavy atom. The number of ether oxygens (including phenoxy) is 1. The molecule has 3 aromatic rings. The maximum atomic E-state index is 13.8. The molecule has 4 nitrogen and oxygen atoms in total. The zero-order valence-electron chi connectivity index (χ0n) is 13.9. The second-order valence-corrected chi connectivity index (χ2v) is 6.25. The predicted octanol–water partition coefficient (Wildman–Crippen LogP) is 3.81. The Kier molecular flexibility index (Phi) is 4.24. The maximum absolute atomic E-state index is 13.8. The molecule has 1 fully saturated rings. The summed E-state index contributed by atoms with van der Waals surface area (Å²) in [5.74, 6) is -1.52. The number of para-hydroxylation sites is 1. The summed E-state index contributed by atoms with van der Waals surface area (Å²) in [5.41, 5.74) is 0.709. The lowest BCUT2D eigenvalue weighted by Crippen LogP contribution is -2.31. The van der Waals surface area contributed by atoms with Crippen LogP contribution in [0.25, 0.3) is 10.9 Å². The van der Waals surface area contributed by atoms with E-state index in [2.05, 4.69) is 4.98 Å². The van der Waals surface area contributed by atoms with Gasteiger partial charge in [-0.1, -0.05) is 18.2 Å². The van der Waals surface area contributed by atoms with Crippen molar-refractivity contribution < 1.29 is 18.3 Å². The van der Waals surface area contributed by atoms with E-state index < -0.39 is 17.5 Å². The van der Waals surface area contributed by atoms with Crippen LogP contribution in [0.5, 0.6) is 5.88 Å². The zero-order chi connectivity index (χ0) is 18.1. The topological polar surface area (TPSA) is 42.4 Å². The van der Waals surface area contributed by atoms with Gasteiger partial charge in [0.25, 0.3) is 5.91 Å². The number of fused-ring (bicyclic) bond motifs is 1. The Morgan fingerprint density at radius 3 is 2.81 bits per heavy atom. The number of aromatic nitrogens is 1. The van der Waals surface area contributed by atoms with Crippen molar-refractivity contribution >= 4 is 16.8 Å². The number of nitrogens with zero attached hydrogens (tertiary/aromatic N) is 2. The molecule has 1 aliphatic heterocycles. The SMILES string of the molecule is O=C(c1ccc(F)cc1F)N1CCC(Oc2ccc3ccccc3n2)C1. The van der Waals surface area contributed by atoms with Crippen LogP contribution in [-0.2, 0) is 0 Å². The average molecular weight is 354 g/mol. The van der Waals surface area contributed by atoms with Gasteiger partial charge in [-0.25, -0.2) is 13.8 Å². The van der Waals surface area contributed by atoms with Crippen LogP contribution >= 0.6 is 0 Å². The molecular formula is C20H16F2N2O2. The molecule has 1 unspecified atom stereocenters. The van der Waals surface area contributed by atoms with Crippen molar-refractivity contribution in [2.45, 2.75) is 12.5 Å². The summed E-state index contributed by atoms with van der Waals surface area (Å²) in [6.45, 7) is 0.790. The first-order chi connectivity index (χ1) is 12.6. The summed E-state index contributed by atoms with van der Waals surface area (Å²) >= 11 is 0. The molecule has 26 heavy (non-hydrogen) atoms. The van der Waals surface area contributed by atoms with Gasteiger partial charge in [0.15, 0.2) is 0 Å². The third-order valence-electron chi connectivity index (χ3n) is 4.45. The van der Waals surface area contributed by atoms with Gasteiger partial charge in [0.2, 0.25) is 5.88 Å². The second-order valence-electron chi connectivity index (χ2n) is 6.25. The van der Waals surface area contributed by atoms with Gasteiger partial charge in [0.1, 0.15) is 17.7 Å². The molecule has 0 radical (unpaired) electrons. The molecule has 0 N–H and O–H groups in total. The van der Waals surface area contributed by atoms with Gasteiger partial charge >= 0.3 is 0 Å². The highest BCUT2D eigenvalue weighted by molar-refractivity contribution is 5.94. The molecule has 1 amide bonds. The Bertz CT molecular complexity index is 977. The number of carbonyl (C=O) groups is 1. The number of amides is 1. The number of pyridine rings is 1. The van der Waals surface area contributed by atoms with Crippen molar-refractivity contribution in [2.75, 3.05) is 13.1 Å². The Hall–Kier alpha value is -3.02. The van der Waals surface area contributed by atoms with E-state index in [0.717, 1.165) is 23.0 Å². The van der Waals surface area contributed by atoms with Gasteiger partial charge in [-0.05, 0) is 24.3 Å². The summed E-state index contributed by atoms with van der Waals surface area (Å²) in [5, 5.41) is 1.02. The van der Waals surface area contributed by atoms with Crippen LogP contribution < -0.4 is 4.74 Å². The average Bonchev–Trinajstić information content (AvgIpc) is 3.09. The van der Waals surface area contributed by atoms with E-state index >= 15 is 0 Å². The van der Waals surface area contributed by atoms with Crippen molar-refractivity contribution in [2.24, 2.45) is 0 Å². The van der Waals surface area contributed by atoms with Crippen LogP contribution in [-0.4, -0.2) is 35.0 Å². The van der Waals surface area contributed by atoms with E-state index in [-0.39, 0.29) is 11.7 Å². The van der Waals surface area contributed by atoms with Crippen molar-refractivity contribution in [3.05, 3.63) is 71.8 Å². The number of rotatable bonds is 3. The van der Waals surface area contributed by atoms with Gasteiger partial charge in [-0.2, -0.15) is 0 Å². The van der Waals surface area contributed by atoms with Gasteiger partial charge < -0.3 is 9.64 Å². The molecule has 2 heterocycles. The van der Waals surface area contributed by atoms with Crippen LogP contribution in [0.4, 0.5) is 8.78 Å². The molecule has 0 bridgehead atoms. The molecule has 4 rings (SSSR count). The van der Waals surface area contributed by atoms with Crippen molar-refractivity contribution in [3.63, 3.8) is 0 Å². The van der Waals surface area contributed by atoms with Crippen molar-refractivity contribution in [1.82, 2.24) is 9.88 Å². The quantitative estimate of drug-likeness (QED) is 0.718. The number of halogens is 2.